The number of carbonyl (C=O) groups is 1. The molecule has 0 aliphatic carbocycles. The SMILES string of the molecule is CCCN(CCC)S(=O)(=O)c1cc(C(=O)O)cc(Br)c1C. The fourth-order valence-corrected chi connectivity index (χ4v) is 4.52. The molecule has 0 aliphatic heterocycles. The van der Waals surface area contributed by atoms with Crippen LogP contribution >= 0.6 is 15.9 Å². The van der Waals surface area contributed by atoms with E-state index in [2.05, 4.69) is 15.9 Å². The van der Waals surface area contributed by atoms with Gasteiger partial charge in [0.1, 0.15) is 0 Å². The van der Waals surface area contributed by atoms with Gasteiger partial charge in [-0.05, 0) is 37.5 Å². The van der Waals surface area contributed by atoms with E-state index in [-0.39, 0.29) is 10.5 Å². The minimum absolute atomic E-state index is 0.0426. The van der Waals surface area contributed by atoms with Crippen LogP contribution in [0.3, 0.4) is 0 Å². The van der Waals surface area contributed by atoms with Gasteiger partial charge in [-0.25, -0.2) is 13.2 Å². The fraction of sp³-hybridized carbons (Fsp3) is 0.500. The van der Waals surface area contributed by atoms with E-state index in [9.17, 15) is 13.2 Å². The highest BCUT2D eigenvalue weighted by Gasteiger charge is 2.27. The Hall–Kier alpha value is -0.920. The quantitative estimate of drug-likeness (QED) is 0.790. The summed E-state index contributed by atoms with van der Waals surface area (Å²) in [5, 5.41) is 9.11. The van der Waals surface area contributed by atoms with Crippen LogP contribution in [0.2, 0.25) is 0 Å². The summed E-state index contributed by atoms with van der Waals surface area (Å²) in [4.78, 5) is 11.2. The van der Waals surface area contributed by atoms with Gasteiger partial charge in [0.15, 0.2) is 0 Å². The molecule has 0 saturated carbocycles. The summed E-state index contributed by atoms with van der Waals surface area (Å²) < 4.78 is 27.4. The van der Waals surface area contributed by atoms with E-state index in [4.69, 9.17) is 5.11 Å². The summed E-state index contributed by atoms with van der Waals surface area (Å²) in [5.74, 6) is -1.15. The van der Waals surface area contributed by atoms with Gasteiger partial charge < -0.3 is 5.11 Å². The lowest BCUT2D eigenvalue weighted by molar-refractivity contribution is 0.0696. The Morgan fingerprint density at radius 2 is 1.76 bits per heavy atom. The number of nitrogens with zero attached hydrogens (tertiary/aromatic N) is 1. The first-order valence-electron chi connectivity index (χ1n) is 6.79. The molecule has 1 aromatic carbocycles. The Bertz CT molecular complexity index is 622. The second-order valence-electron chi connectivity index (χ2n) is 4.79. The fourth-order valence-electron chi connectivity index (χ4n) is 2.04. The summed E-state index contributed by atoms with van der Waals surface area (Å²) in [7, 11) is -3.69. The van der Waals surface area contributed by atoms with Crippen LogP contribution in [-0.2, 0) is 10.0 Å². The van der Waals surface area contributed by atoms with Crippen molar-refractivity contribution < 1.29 is 18.3 Å². The Morgan fingerprint density at radius 3 is 2.19 bits per heavy atom. The molecule has 0 atom stereocenters. The van der Waals surface area contributed by atoms with E-state index >= 15 is 0 Å². The molecule has 0 heterocycles. The highest BCUT2D eigenvalue weighted by Crippen LogP contribution is 2.28. The van der Waals surface area contributed by atoms with Crippen LogP contribution in [0.15, 0.2) is 21.5 Å². The van der Waals surface area contributed by atoms with Crippen LogP contribution in [0.5, 0.6) is 0 Å². The van der Waals surface area contributed by atoms with E-state index in [1.807, 2.05) is 13.8 Å². The minimum Gasteiger partial charge on any atom is -0.478 e. The molecule has 5 nitrogen and oxygen atoms in total. The predicted molar refractivity (Wildman–Crippen MR) is 85.2 cm³/mol. The molecule has 21 heavy (non-hydrogen) atoms. The molecule has 0 aromatic heterocycles. The highest BCUT2D eigenvalue weighted by molar-refractivity contribution is 9.10. The van der Waals surface area contributed by atoms with Gasteiger partial charge in [-0.15, -0.1) is 0 Å². The van der Waals surface area contributed by atoms with Crippen molar-refractivity contribution >= 4 is 31.9 Å². The van der Waals surface area contributed by atoms with Crippen molar-refractivity contribution in [3.05, 3.63) is 27.7 Å². The van der Waals surface area contributed by atoms with Crippen molar-refractivity contribution in [2.24, 2.45) is 0 Å². The van der Waals surface area contributed by atoms with Crippen molar-refractivity contribution in [1.82, 2.24) is 4.31 Å². The van der Waals surface area contributed by atoms with Gasteiger partial charge in [0, 0.05) is 17.6 Å². The zero-order chi connectivity index (χ0) is 16.2. The van der Waals surface area contributed by atoms with Crippen LogP contribution in [0, 0.1) is 6.92 Å². The first kappa shape index (κ1) is 18.1. The Kier molecular flexibility index (Phi) is 6.37. The average molecular weight is 378 g/mol. The molecule has 0 radical (unpaired) electrons. The lowest BCUT2D eigenvalue weighted by Gasteiger charge is -2.22. The third-order valence-electron chi connectivity index (χ3n) is 3.11. The molecule has 118 valence electrons. The molecule has 0 saturated heterocycles. The number of benzene rings is 1. The van der Waals surface area contributed by atoms with Gasteiger partial charge in [-0.2, -0.15) is 4.31 Å². The van der Waals surface area contributed by atoms with Crippen LogP contribution in [0.4, 0.5) is 0 Å². The van der Waals surface area contributed by atoms with Gasteiger partial charge in [0.25, 0.3) is 0 Å². The van der Waals surface area contributed by atoms with E-state index < -0.39 is 16.0 Å². The van der Waals surface area contributed by atoms with Crippen LogP contribution in [-0.4, -0.2) is 36.9 Å². The monoisotopic (exact) mass is 377 g/mol. The molecule has 0 unspecified atom stereocenters. The normalized spacial score (nSPS) is 11.9. The summed E-state index contributed by atoms with van der Waals surface area (Å²) in [6.45, 7) is 6.33. The molecular weight excluding hydrogens is 358 g/mol. The maximum Gasteiger partial charge on any atom is 0.335 e. The van der Waals surface area contributed by atoms with Gasteiger partial charge in [0.2, 0.25) is 10.0 Å². The number of hydrogen-bond acceptors (Lipinski definition) is 3. The first-order valence-corrected chi connectivity index (χ1v) is 9.02. The number of carboxylic acids is 1. The number of sulfonamides is 1. The lowest BCUT2D eigenvalue weighted by Crippen LogP contribution is -2.33. The average Bonchev–Trinajstić information content (AvgIpc) is 2.40. The molecule has 1 aromatic rings. The zero-order valence-corrected chi connectivity index (χ0v) is 14.8. The van der Waals surface area contributed by atoms with Crippen molar-refractivity contribution in [3.63, 3.8) is 0 Å². The molecule has 7 heteroatoms. The molecule has 0 spiro atoms. The van der Waals surface area contributed by atoms with Gasteiger partial charge in [-0.1, -0.05) is 29.8 Å². The Morgan fingerprint density at radius 1 is 1.24 bits per heavy atom. The molecule has 1 N–H and O–H groups in total. The van der Waals surface area contributed by atoms with Crippen LogP contribution in [0.25, 0.3) is 0 Å². The van der Waals surface area contributed by atoms with Gasteiger partial charge >= 0.3 is 5.97 Å². The maximum atomic E-state index is 12.8. The summed E-state index contributed by atoms with van der Waals surface area (Å²) >= 11 is 3.24. The second kappa shape index (κ2) is 7.38. The van der Waals surface area contributed by atoms with Crippen molar-refractivity contribution in [2.45, 2.75) is 38.5 Å². The van der Waals surface area contributed by atoms with Crippen LogP contribution in [0.1, 0.15) is 42.6 Å². The maximum absolute atomic E-state index is 12.8. The molecular formula is C14H20BrNO4S. The molecule has 0 amide bonds. The molecule has 0 aliphatic rings. The molecule has 0 fully saturated rings. The summed E-state index contributed by atoms with van der Waals surface area (Å²) in [6, 6.07) is 2.65. The van der Waals surface area contributed by atoms with E-state index in [1.54, 1.807) is 6.92 Å². The second-order valence-corrected chi connectivity index (χ2v) is 7.55. The van der Waals surface area contributed by atoms with Gasteiger partial charge in [-0.3, -0.25) is 0 Å². The first-order chi connectivity index (χ1) is 9.75. The molecule has 1 rings (SSSR count). The molecule has 0 bridgehead atoms. The highest BCUT2D eigenvalue weighted by atomic mass is 79.9. The van der Waals surface area contributed by atoms with Crippen LogP contribution < -0.4 is 0 Å². The minimum atomic E-state index is -3.69. The zero-order valence-electron chi connectivity index (χ0n) is 12.4. The topological polar surface area (TPSA) is 74.7 Å². The standard InChI is InChI=1S/C14H20BrNO4S/c1-4-6-16(7-5-2)21(19,20)13-9-11(14(17)18)8-12(15)10(13)3/h8-9H,4-7H2,1-3H3,(H,17,18). The van der Waals surface area contributed by atoms with Crippen molar-refractivity contribution in [1.29, 1.82) is 0 Å². The Balaban J connectivity index is 3.45. The third kappa shape index (κ3) is 4.05. The summed E-state index contributed by atoms with van der Waals surface area (Å²) in [5.41, 5.74) is 0.483. The lowest BCUT2D eigenvalue weighted by atomic mass is 10.1. The number of carboxylic acid groups (broad SMARTS) is 1. The largest absolute Gasteiger partial charge is 0.478 e. The number of rotatable bonds is 7. The van der Waals surface area contributed by atoms with Gasteiger partial charge in [0.05, 0.1) is 10.5 Å². The third-order valence-corrected chi connectivity index (χ3v) is 5.96. The van der Waals surface area contributed by atoms with Crippen molar-refractivity contribution in [3.8, 4) is 0 Å². The van der Waals surface area contributed by atoms with E-state index in [0.29, 0.717) is 36.0 Å². The number of hydrogen-bond donors (Lipinski definition) is 1. The predicted octanol–water partition coefficient (Wildman–Crippen LogP) is 3.27. The number of halogens is 1. The van der Waals surface area contributed by atoms with Crippen molar-refractivity contribution in [2.75, 3.05) is 13.1 Å². The summed E-state index contributed by atoms with van der Waals surface area (Å²) in [6.07, 6.45) is 1.41. The van der Waals surface area contributed by atoms with E-state index in [1.165, 1.54) is 16.4 Å². The van der Waals surface area contributed by atoms with E-state index in [0.717, 1.165) is 0 Å². The smallest absolute Gasteiger partial charge is 0.335 e. The Labute approximate surface area is 134 Å². The number of aromatic carboxylic acids is 1.